The van der Waals surface area contributed by atoms with Crippen LogP contribution in [0.25, 0.3) is 0 Å². The number of hydrogen-bond acceptors (Lipinski definition) is 3. The molecule has 0 radical (unpaired) electrons. The Hall–Kier alpha value is 0. The van der Waals surface area contributed by atoms with E-state index in [1.54, 1.807) is 0 Å². The maximum absolute atomic E-state index is 5.42. The van der Waals surface area contributed by atoms with E-state index in [2.05, 4.69) is 24.1 Å². The molecule has 0 aromatic heterocycles. The van der Waals surface area contributed by atoms with Crippen molar-refractivity contribution in [2.75, 3.05) is 32.8 Å². The smallest absolute Gasteiger partial charge is 0.169 e. The molecule has 5 heteroatoms. The highest BCUT2D eigenvalue weighted by Crippen LogP contribution is 2.24. The molecule has 100 valence electrons. The van der Waals surface area contributed by atoms with E-state index in [0.717, 1.165) is 44.4 Å². The Morgan fingerprint density at radius 3 is 2.65 bits per heavy atom. The normalized spacial score (nSPS) is 24.8. The van der Waals surface area contributed by atoms with Crippen LogP contribution in [0, 0.1) is 0 Å². The largest absolute Gasteiger partial charge is 0.382 e. The summed E-state index contributed by atoms with van der Waals surface area (Å²) in [5.74, 6) is 0. The molecule has 1 aliphatic heterocycles. The number of ether oxygens (including phenoxy) is 1. The van der Waals surface area contributed by atoms with Crippen LogP contribution in [0.4, 0.5) is 0 Å². The second-order valence-corrected chi connectivity index (χ2v) is 6.71. The molecule has 1 N–H and O–H groups in total. The number of nitrogens with zero attached hydrogens (tertiary/aromatic N) is 1. The maximum atomic E-state index is 5.42. The Kier molecular flexibility index (Phi) is 7.23. The molecular weight excluding hydrogens is 252 g/mol. The Morgan fingerprint density at radius 1 is 1.41 bits per heavy atom. The summed E-state index contributed by atoms with van der Waals surface area (Å²) in [4.78, 5) is 2.29. The van der Waals surface area contributed by atoms with Gasteiger partial charge in [-0.05, 0) is 25.6 Å². The zero-order valence-corrected chi connectivity index (χ0v) is 12.7. The van der Waals surface area contributed by atoms with Gasteiger partial charge in [-0.3, -0.25) is 0 Å². The molecule has 1 aliphatic rings. The number of thioether (sulfide) groups is 1. The second kappa shape index (κ2) is 8.16. The second-order valence-electron chi connectivity index (χ2n) is 4.44. The lowest BCUT2D eigenvalue weighted by atomic mass is 10.3. The van der Waals surface area contributed by atoms with Crippen LogP contribution in [-0.4, -0.2) is 53.4 Å². The van der Waals surface area contributed by atoms with Crippen LogP contribution in [0.15, 0.2) is 0 Å². The van der Waals surface area contributed by atoms with Crippen molar-refractivity contribution in [3.8, 4) is 0 Å². The van der Waals surface area contributed by atoms with E-state index in [9.17, 15) is 0 Å². The first-order valence-electron chi connectivity index (χ1n) is 6.39. The molecule has 0 aromatic rings. The van der Waals surface area contributed by atoms with Crippen LogP contribution in [-0.2, 0) is 4.74 Å². The van der Waals surface area contributed by atoms with E-state index < -0.39 is 0 Å². The fraction of sp³-hybridized carbons (Fsp3) is 0.917. The van der Waals surface area contributed by atoms with Crippen molar-refractivity contribution in [3.63, 3.8) is 0 Å². The number of nitrogens with one attached hydrogen (secondary N) is 1. The van der Waals surface area contributed by atoms with Gasteiger partial charge in [0.1, 0.15) is 0 Å². The highest BCUT2D eigenvalue weighted by atomic mass is 32.2. The third kappa shape index (κ3) is 5.93. The van der Waals surface area contributed by atoms with E-state index in [-0.39, 0.29) is 0 Å². The van der Waals surface area contributed by atoms with Gasteiger partial charge in [0, 0.05) is 43.3 Å². The van der Waals surface area contributed by atoms with Crippen molar-refractivity contribution in [1.29, 1.82) is 0 Å². The molecule has 2 atom stereocenters. The fourth-order valence-electron chi connectivity index (χ4n) is 1.97. The molecule has 0 spiro atoms. The summed E-state index contributed by atoms with van der Waals surface area (Å²) in [7, 11) is 0. The third-order valence-corrected chi connectivity index (χ3v) is 4.28. The molecule has 0 bridgehead atoms. The molecule has 0 aromatic carbocycles. The molecule has 0 saturated carbocycles. The molecule has 1 fully saturated rings. The number of thiocarbonyl (C=S) groups is 1. The zero-order valence-electron chi connectivity index (χ0n) is 11.1. The molecule has 1 saturated heterocycles. The van der Waals surface area contributed by atoms with Crippen molar-refractivity contribution in [2.45, 2.75) is 37.7 Å². The monoisotopic (exact) mass is 276 g/mol. The highest BCUT2D eigenvalue weighted by Gasteiger charge is 2.23. The molecule has 2 unspecified atom stereocenters. The van der Waals surface area contributed by atoms with Gasteiger partial charge in [-0.25, -0.2) is 0 Å². The van der Waals surface area contributed by atoms with Gasteiger partial charge in [0.2, 0.25) is 0 Å². The van der Waals surface area contributed by atoms with Gasteiger partial charge in [-0.15, -0.1) is 0 Å². The van der Waals surface area contributed by atoms with Crippen LogP contribution in [0.3, 0.4) is 0 Å². The first-order valence-corrected chi connectivity index (χ1v) is 7.74. The Labute approximate surface area is 115 Å². The Morgan fingerprint density at radius 2 is 2.06 bits per heavy atom. The Bertz CT molecular complexity index is 229. The zero-order chi connectivity index (χ0) is 12.7. The minimum atomic E-state index is 0.668. The van der Waals surface area contributed by atoms with Crippen LogP contribution >= 0.6 is 24.0 Å². The molecular formula is C12H24N2OS2. The van der Waals surface area contributed by atoms with Gasteiger partial charge in [0.15, 0.2) is 5.11 Å². The van der Waals surface area contributed by atoms with Gasteiger partial charge < -0.3 is 15.0 Å². The number of hydrogen-bond donors (Lipinski definition) is 1. The molecule has 17 heavy (non-hydrogen) atoms. The van der Waals surface area contributed by atoms with Crippen molar-refractivity contribution in [3.05, 3.63) is 0 Å². The van der Waals surface area contributed by atoms with Crippen molar-refractivity contribution < 1.29 is 4.74 Å². The van der Waals surface area contributed by atoms with E-state index in [1.165, 1.54) is 0 Å². The standard InChI is InChI=1S/C12H24N2OS2/c1-4-15-7-5-6-13-12(16)14-8-10(2)17-11(3)9-14/h10-11H,4-9H2,1-3H3,(H,13,16). The van der Waals surface area contributed by atoms with Crippen LogP contribution < -0.4 is 5.32 Å². The first-order chi connectivity index (χ1) is 8.13. The molecule has 1 rings (SSSR count). The summed E-state index contributed by atoms with van der Waals surface area (Å²) in [6.45, 7) is 11.2. The van der Waals surface area contributed by atoms with Crippen LogP contribution in [0.5, 0.6) is 0 Å². The van der Waals surface area contributed by atoms with E-state index in [0.29, 0.717) is 10.5 Å². The fourth-order valence-corrected chi connectivity index (χ4v) is 3.55. The SMILES string of the molecule is CCOCCCNC(=S)N1CC(C)SC(C)C1. The van der Waals surface area contributed by atoms with Gasteiger partial charge in [0.05, 0.1) is 0 Å². The van der Waals surface area contributed by atoms with Crippen LogP contribution in [0.2, 0.25) is 0 Å². The van der Waals surface area contributed by atoms with Gasteiger partial charge in [-0.2, -0.15) is 11.8 Å². The predicted octanol–water partition coefficient (Wildman–Crippen LogP) is 2.11. The lowest BCUT2D eigenvalue weighted by Gasteiger charge is -2.36. The summed E-state index contributed by atoms with van der Waals surface area (Å²) in [6.07, 6.45) is 1.02. The van der Waals surface area contributed by atoms with Gasteiger partial charge in [0.25, 0.3) is 0 Å². The van der Waals surface area contributed by atoms with Crippen molar-refractivity contribution >= 4 is 29.1 Å². The average molecular weight is 276 g/mol. The summed E-state index contributed by atoms with van der Waals surface area (Å²) in [5, 5.41) is 5.56. The minimum absolute atomic E-state index is 0.668. The average Bonchev–Trinajstić information content (AvgIpc) is 2.27. The van der Waals surface area contributed by atoms with Gasteiger partial charge in [-0.1, -0.05) is 13.8 Å². The third-order valence-electron chi connectivity index (χ3n) is 2.65. The van der Waals surface area contributed by atoms with E-state index in [4.69, 9.17) is 17.0 Å². The maximum Gasteiger partial charge on any atom is 0.169 e. The molecule has 0 amide bonds. The predicted molar refractivity (Wildman–Crippen MR) is 79.8 cm³/mol. The topological polar surface area (TPSA) is 24.5 Å². The lowest BCUT2D eigenvalue weighted by molar-refractivity contribution is 0.145. The summed E-state index contributed by atoms with van der Waals surface area (Å²) >= 11 is 7.47. The molecule has 3 nitrogen and oxygen atoms in total. The first kappa shape index (κ1) is 15.1. The summed E-state index contributed by atoms with van der Waals surface area (Å²) in [6, 6.07) is 0. The van der Waals surface area contributed by atoms with Gasteiger partial charge >= 0.3 is 0 Å². The molecule has 0 aliphatic carbocycles. The minimum Gasteiger partial charge on any atom is -0.382 e. The molecule has 1 heterocycles. The van der Waals surface area contributed by atoms with Crippen LogP contribution in [0.1, 0.15) is 27.2 Å². The highest BCUT2D eigenvalue weighted by molar-refractivity contribution is 8.00. The van der Waals surface area contributed by atoms with Crippen molar-refractivity contribution in [1.82, 2.24) is 10.2 Å². The van der Waals surface area contributed by atoms with Crippen molar-refractivity contribution in [2.24, 2.45) is 0 Å². The quantitative estimate of drug-likeness (QED) is 0.612. The number of rotatable bonds is 5. The lowest BCUT2D eigenvalue weighted by Crippen LogP contribution is -2.48. The van der Waals surface area contributed by atoms with E-state index in [1.807, 2.05) is 18.7 Å². The van der Waals surface area contributed by atoms with E-state index >= 15 is 0 Å². The summed E-state index contributed by atoms with van der Waals surface area (Å²) in [5.41, 5.74) is 0. The summed E-state index contributed by atoms with van der Waals surface area (Å²) < 4.78 is 5.29. The Balaban J connectivity index is 2.18.